The second kappa shape index (κ2) is 7.59. The fourth-order valence-electron chi connectivity index (χ4n) is 5.08. The Morgan fingerprint density at radius 1 is 0.969 bits per heavy atom. The lowest BCUT2D eigenvalue weighted by Crippen LogP contribution is -2.07. The van der Waals surface area contributed by atoms with Crippen molar-refractivity contribution in [3.8, 4) is 16.9 Å². The number of carboxylic acids is 1. The first-order chi connectivity index (χ1) is 15.7. The molecule has 2 fully saturated rings. The normalized spacial score (nSPS) is 16.6. The summed E-state index contributed by atoms with van der Waals surface area (Å²) in [6.07, 6.45) is 10.8. The number of benzene rings is 2. The average Bonchev–Trinajstić information content (AvgIpc) is 3.36. The molecule has 6 rings (SSSR count). The fraction of sp³-hybridized carbons (Fsp3) is 0.296. The van der Waals surface area contributed by atoms with E-state index in [0.29, 0.717) is 17.4 Å². The maximum atomic E-state index is 11.8. The molecule has 0 aliphatic heterocycles. The Labute approximate surface area is 186 Å². The third-order valence-corrected chi connectivity index (χ3v) is 6.96. The zero-order valence-corrected chi connectivity index (χ0v) is 17.9. The van der Waals surface area contributed by atoms with E-state index >= 15 is 0 Å². The maximum Gasteiger partial charge on any atom is 0.335 e. The highest BCUT2D eigenvalue weighted by atomic mass is 16.4. The molecule has 5 nitrogen and oxygen atoms in total. The lowest BCUT2D eigenvalue weighted by Gasteiger charge is -2.15. The van der Waals surface area contributed by atoms with Crippen molar-refractivity contribution in [1.29, 1.82) is 0 Å². The van der Waals surface area contributed by atoms with Gasteiger partial charge in [-0.2, -0.15) is 0 Å². The maximum absolute atomic E-state index is 11.8. The summed E-state index contributed by atoms with van der Waals surface area (Å²) in [6, 6.07) is 16.3. The minimum atomic E-state index is -0.853. The van der Waals surface area contributed by atoms with E-state index < -0.39 is 5.97 Å². The van der Waals surface area contributed by atoms with Crippen LogP contribution in [0.2, 0.25) is 0 Å². The quantitative estimate of drug-likeness (QED) is 0.408. The molecule has 0 amide bonds. The van der Waals surface area contributed by atoms with E-state index in [1.54, 1.807) is 6.07 Å². The van der Waals surface area contributed by atoms with Gasteiger partial charge >= 0.3 is 5.97 Å². The van der Waals surface area contributed by atoms with E-state index in [-0.39, 0.29) is 0 Å². The van der Waals surface area contributed by atoms with Crippen LogP contribution < -0.4 is 0 Å². The molecule has 2 aromatic heterocycles. The monoisotopic (exact) mass is 423 g/mol. The SMILES string of the molecule is O=C(O)c1ccc(-n2ccc3ncc(-c4cccc(C5CC5)c4)nc32)cc1C1CCCC1. The Morgan fingerprint density at radius 2 is 1.81 bits per heavy atom. The molecule has 0 bridgehead atoms. The second-order valence-corrected chi connectivity index (χ2v) is 9.11. The summed E-state index contributed by atoms with van der Waals surface area (Å²) in [6.45, 7) is 0. The minimum absolute atomic E-state index is 0.315. The molecular weight excluding hydrogens is 398 g/mol. The molecule has 2 saturated carbocycles. The molecule has 0 atom stereocenters. The summed E-state index contributed by atoms with van der Waals surface area (Å²) in [5, 5.41) is 9.72. The molecule has 1 N–H and O–H groups in total. The van der Waals surface area contributed by atoms with Crippen LogP contribution in [0.3, 0.4) is 0 Å². The van der Waals surface area contributed by atoms with Crippen molar-refractivity contribution < 1.29 is 9.90 Å². The van der Waals surface area contributed by atoms with Crippen LogP contribution in [0.1, 0.15) is 71.8 Å². The van der Waals surface area contributed by atoms with Crippen LogP contribution in [0.25, 0.3) is 28.1 Å². The standard InChI is InChI=1S/C27H25N3O2/c31-27(32)22-11-10-21(15-23(22)18-4-1-2-5-18)30-13-12-24-26(30)29-25(16-28-24)20-7-3-6-19(14-20)17-8-9-17/h3,6-7,10-18H,1-2,4-5,8-9H2,(H,31,32). The zero-order chi connectivity index (χ0) is 21.7. The van der Waals surface area contributed by atoms with Gasteiger partial charge in [0.25, 0.3) is 0 Å². The van der Waals surface area contributed by atoms with Crippen LogP contribution in [0.5, 0.6) is 0 Å². The fourth-order valence-corrected chi connectivity index (χ4v) is 5.08. The number of fused-ring (bicyclic) bond motifs is 1. The predicted octanol–water partition coefficient (Wildman–Crippen LogP) is 6.32. The van der Waals surface area contributed by atoms with E-state index in [9.17, 15) is 9.90 Å². The number of aromatic carboxylic acids is 1. The van der Waals surface area contributed by atoms with Crippen molar-refractivity contribution in [2.24, 2.45) is 0 Å². The molecule has 0 radical (unpaired) electrons. The van der Waals surface area contributed by atoms with Crippen LogP contribution in [0.15, 0.2) is 60.9 Å². The van der Waals surface area contributed by atoms with Gasteiger partial charge in [0, 0.05) is 17.4 Å². The highest BCUT2D eigenvalue weighted by Gasteiger charge is 2.24. The highest BCUT2D eigenvalue weighted by molar-refractivity contribution is 5.90. The van der Waals surface area contributed by atoms with Crippen molar-refractivity contribution in [3.63, 3.8) is 0 Å². The number of nitrogens with zero attached hydrogens (tertiary/aromatic N) is 3. The van der Waals surface area contributed by atoms with E-state index in [0.717, 1.165) is 59.4 Å². The second-order valence-electron chi connectivity index (χ2n) is 9.11. The van der Waals surface area contributed by atoms with E-state index in [2.05, 4.69) is 29.2 Å². The predicted molar refractivity (Wildman–Crippen MR) is 124 cm³/mol. The van der Waals surface area contributed by atoms with Crippen molar-refractivity contribution in [3.05, 3.63) is 77.6 Å². The Kier molecular flexibility index (Phi) is 4.56. The minimum Gasteiger partial charge on any atom is -0.478 e. The van der Waals surface area contributed by atoms with Crippen LogP contribution in [-0.2, 0) is 0 Å². The van der Waals surface area contributed by atoms with Gasteiger partial charge in [-0.25, -0.2) is 9.78 Å². The Morgan fingerprint density at radius 3 is 2.59 bits per heavy atom. The first-order valence-corrected chi connectivity index (χ1v) is 11.5. The lowest BCUT2D eigenvalue weighted by molar-refractivity contribution is 0.0695. The molecule has 2 heterocycles. The third-order valence-electron chi connectivity index (χ3n) is 6.96. The molecule has 0 unspecified atom stereocenters. The summed E-state index contributed by atoms with van der Waals surface area (Å²) in [5.41, 5.74) is 7.24. The first kappa shape index (κ1) is 19.2. The van der Waals surface area contributed by atoms with Gasteiger partial charge in [-0.3, -0.25) is 9.55 Å². The van der Waals surface area contributed by atoms with E-state index in [4.69, 9.17) is 4.98 Å². The molecule has 2 aliphatic carbocycles. The van der Waals surface area contributed by atoms with Crippen LogP contribution in [0.4, 0.5) is 0 Å². The summed E-state index contributed by atoms with van der Waals surface area (Å²) in [4.78, 5) is 21.5. The van der Waals surface area contributed by atoms with Gasteiger partial charge in [0.1, 0.15) is 5.52 Å². The number of carboxylic acid groups (broad SMARTS) is 1. The lowest BCUT2D eigenvalue weighted by atomic mass is 9.92. The average molecular weight is 424 g/mol. The summed E-state index contributed by atoms with van der Waals surface area (Å²) in [7, 11) is 0. The molecule has 160 valence electrons. The Balaban J connectivity index is 1.44. The molecule has 2 aliphatic rings. The molecular formula is C27H25N3O2. The van der Waals surface area contributed by atoms with Crippen molar-refractivity contribution in [1.82, 2.24) is 14.5 Å². The van der Waals surface area contributed by atoms with Crippen LogP contribution in [-0.4, -0.2) is 25.6 Å². The van der Waals surface area contributed by atoms with Gasteiger partial charge in [0.2, 0.25) is 0 Å². The molecule has 32 heavy (non-hydrogen) atoms. The van der Waals surface area contributed by atoms with Gasteiger partial charge in [0.15, 0.2) is 5.65 Å². The number of carbonyl (C=O) groups is 1. The van der Waals surface area contributed by atoms with Crippen LogP contribution in [0, 0.1) is 0 Å². The number of hydrogen-bond acceptors (Lipinski definition) is 3. The topological polar surface area (TPSA) is 68.0 Å². The van der Waals surface area contributed by atoms with Gasteiger partial charge < -0.3 is 5.11 Å². The van der Waals surface area contributed by atoms with Gasteiger partial charge in [-0.15, -0.1) is 0 Å². The molecule has 0 spiro atoms. The van der Waals surface area contributed by atoms with Crippen molar-refractivity contribution in [2.45, 2.75) is 50.4 Å². The number of hydrogen-bond donors (Lipinski definition) is 1. The summed E-state index contributed by atoms with van der Waals surface area (Å²) in [5.74, 6) is 0.153. The molecule has 5 heteroatoms. The van der Waals surface area contributed by atoms with Crippen LogP contribution >= 0.6 is 0 Å². The first-order valence-electron chi connectivity index (χ1n) is 11.5. The molecule has 4 aromatic rings. The van der Waals surface area contributed by atoms with E-state index in [1.807, 2.05) is 35.2 Å². The van der Waals surface area contributed by atoms with Crippen molar-refractivity contribution >= 4 is 17.1 Å². The largest absolute Gasteiger partial charge is 0.478 e. The highest BCUT2D eigenvalue weighted by Crippen LogP contribution is 2.41. The third kappa shape index (κ3) is 3.38. The van der Waals surface area contributed by atoms with Gasteiger partial charge in [-0.1, -0.05) is 31.0 Å². The zero-order valence-electron chi connectivity index (χ0n) is 17.9. The number of aromatic nitrogens is 3. The Bertz CT molecular complexity index is 1330. The molecule has 2 aromatic carbocycles. The summed E-state index contributed by atoms with van der Waals surface area (Å²) < 4.78 is 2.03. The summed E-state index contributed by atoms with van der Waals surface area (Å²) >= 11 is 0. The van der Waals surface area contributed by atoms with Gasteiger partial charge in [0.05, 0.1) is 17.5 Å². The smallest absolute Gasteiger partial charge is 0.335 e. The van der Waals surface area contributed by atoms with E-state index in [1.165, 1.54) is 18.4 Å². The molecule has 0 saturated heterocycles. The van der Waals surface area contributed by atoms with Crippen molar-refractivity contribution in [2.75, 3.05) is 0 Å². The Hall–Kier alpha value is -3.47. The van der Waals surface area contributed by atoms with Gasteiger partial charge in [-0.05, 0) is 79.0 Å². The number of rotatable bonds is 5.